The van der Waals surface area contributed by atoms with Crippen molar-refractivity contribution in [3.8, 4) is 0 Å². The van der Waals surface area contributed by atoms with Gasteiger partial charge < -0.3 is 15.2 Å². The lowest BCUT2D eigenvalue weighted by atomic mass is 10.1. The fourth-order valence-corrected chi connectivity index (χ4v) is 3.61. The zero-order chi connectivity index (χ0) is 20.8. The van der Waals surface area contributed by atoms with E-state index in [0.29, 0.717) is 6.54 Å². The van der Waals surface area contributed by atoms with E-state index in [4.69, 9.17) is 0 Å². The van der Waals surface area contributed by atoms with Crippen molar-refractivity contribution in [2.75, 3.05) is 0 Å². The molecule has 154 valence electrons. The summed E-state index contributed by atoms with van der Waals surface area (Å²) in [5.41, 5.74) is 0.474. The van der Waals surface area contributed by atoms with Gasteiger partial charge >= 0.3 is 0 Å². The van der Waals surface area contributed by atoms with Crippen LogP contribution >= 0.6 is 0 Å². The van der Waals surface area contributed by atoms with E-state index < -0.39 is 17.2 Å². The summed E-state index contributed by atoms with van der Waals surface area (Å²) in [6, 6.07) is 9.69. The zero-order valence-corrected chi connectivity index (χ0v) is 17.1. The maximum absolute atomic E-state index is 13.0. The molecule has 0 unspecified atom stereocenters. The molecule has 29 heavy (non-hydrogen) atoms. The second-order valence-corrected chi connectivity index (χ2v) is 7.75. The molecule has 0 aliphatic heterocycles. The first-order valence-corrected chi connectivity index (χ1v) is 10.4. The second-order valence-electron chi connectivity index (χ2n) is 7.75. The summed E-state index contributed by atoms with van der Waals surface area (Å²) in [4.78, 5) is 38.5. The molecule has 1 aromatic heterocycles. The lowest BCUT2D eigenvalue weighted by Gasteiger charge is -2.18. The summed E-state index contributed by atoms with van der Waals surface area (Å²) in [6.07, 6.45) is 8.19. The average molecular weight is 396 g/mol. The van der Waals surface area contributed by atoms with Gasteiger partial charge in [0.05, 0.1) is 0 Å². The van der Waals surface area contributed by atoms with Gasteiger partial charge in [-0.05, 0) is 31.7 Å². The van der Waals surface area contributed by atoms with Gasteiger partial charge in [0, 0.05) is 31.0 Å². The Kier molecular flexibility index (Phi) is 6.86. The monoisotopic (exact) mass is 395 g/mol. The third kappa shape index (κ3) is 5.13. The number of rotatable bonds is 7. The molecule has 0 bridgehead atoms. The molecule has 1 aromatic carbocycles. The van der Waals surface area contributed by atoms with Gasteiger partial charge in [0.2, 0.25) is 5.43 Å². The second kappa shape index (κ2) is 9.54. The number of nitrogens with one attached hydrogen (secondary N) is 2. The first-order chi connectivity index (χ1) is 14.0. The van der Waals surface area contributed by atoms with Crippen LogP contribution in [-0.4, -0.2) is 22.4 Å². The number of amides is 2. The van der Waals surface area contributed by atoms with E-state index in [2.05, 4.69) is 10.6 Å². The van der Waals surface area contributed by atoms with Crippen molar-refractivity contribution < 1.29 is 9.59 Å². The van der Waals surface area contributed by atoms with Crippen molar-refractivity contribution >= 4 is 11.8 Å². The summed E-state index contributed by atoms with van der Waals surface area (Å²) in [6.45, 7) is 4.19. The fraction of sp³-hybridized carbons (Fsp3) is 0.435. The van der Waals surface area contributed by atoms with Gasteiger partial charge in [-0.15, -0.1) is 0 Å². The Balaban J connectivity index is 1.90. The van der Waals surface area contributed by atoms with E-state index in [9.17, 15) is 14.4 Å². The van der Waals surface area contributed by atoms with Crippen molar-refractivity contribution in [2.24, 2.45) is 0 Å². The highest BCUT2D eigenvalue weighted by Gasteiger charge is 2.23. The molecule has 1 heterocycles. The number of nitrogens with zero attached hydrogens (tertiary/aromatic N) is 1. The molecule has 6 nitrogen and oxygen atoms in total. The predicted molar refractivity (Wildman–Crippen MR) is 113 cm³/mol. The zero-order valence-electron chi connectivity index (χ0n) is 17.1. The van der Waals surface area contributed by atoms with Gasteiger partial charge in [-0.1, -0.05) is 50.1 Å². The fourth-order valence-electron chi connectivity index (χ4n) is 3.61. The summed E-state index contributed by atoms with van der Waals surface area (Å²) in [5, 5.41) is 5.65. The molecular formula is C23H29N3O3. The van der Waals surface area contributed by atoms with Crippen molar-refractivity contribution in [3.05, 3.63) is 69.6 Å². The van der Waals surface area contributed by atoms with E-state index >= 15 is 0 Å². The summed E-state index contributed by atoms with van der Waals surface area (Å²) >= 11 is 0. The van der Waals surface area contributed by atoms with E-state index in [1.165, 1.54) is 0 Å². The summed E-state index contributed by atoms with van der Waals surface area (Å²) in [5.74, 6) is -0.877. The molecule has 3 rings (SSSR count). The van der Waals surface area contributed by atoms with Crippen LogP contribution < -0.4 is 16.1 Å². The van der Waals surface area contributed by atoms with E-state index in [1.807, 2.05) is 48.7 Å². The maximum atomic E-state index is 13.0. The third-order valence-electron chi connectivity index (χ3n) is 5.57. The molecular weight excluding hydrogens is 366 g/mol. The molecule has 1 saturated carbocycles. The molecule has 0 saturated heterocycles. The minimum absolute atomic E-state index is 0.0182. The summed E-state index contributed by atoms with van der Waals surface area (Å²) < 4.78 is 1.89. The van der Waals surface area contributed by atoms with Crippen LogP contribution in [0.15, 0.2) is 47.5 Å². The minimum atomic E-state index is -0.523. The molecule has 0 radical (unpaired) electrons. The van der Waals surface area contributed by atoms with Crippen molar-refractivity contribution in [2.45, 2.75) is 64.6 Å². The number of aromatic nitrogens is 1. The van der Waals surface area contributed by atoms with Gasteiger partial charge in [-0.2, -0.15) is 0 Å². The quantitative estimate of drug-likeness (QED) is 0.754. The van der Waals surface area contributed by atoms with Crippen LogP contribution in [0.1, 0.15) is 78.3 Å². The largest absolute Gasteiger partial charge is 0.349 e. The van der Waals surface area contributed by atoms with Crippen molar-refractivity contribution in [3.63, 3.8) is 0 Å². The Morgan fingerprint density at radius 3 is 2.31 bits per heavy atom. The predicted octanol–water partition coefficient (Wildman–Crippen LogP) is 3.42. The lowest BCUT2D eigenvalue weighted by Crippen LogP contribution is -2.38. The summed E-state index contributed by atoms with van der Waals surface area (Å²) in [7, 11) is 0. The van der Waals surface area contributed by atoms with E-state index in [-0.39, 0.29) is 23.2 Å². The Hall–Kier alpha value is -2.89. The van der Waals surface area contributed by atoms with Gasteiger partial charge in [-0.3, -0.25) is 14.4 Å². The molecule has 1 aliphatic rings. The smallest absolute Gasteiger partial charge is 0.257 e. The highest BCUT2D eigenvalue weighted by molar-refractivity contribution is 5.99. The van der Waals surface area contributed by atoms with Gasteiger partial charge in [-0.25, -0.2) is 0 Å². The minimum Gasteiger partial charge on any atom is -0.349 e. The SMILES string of the molecule is CC[C@H](C)NC(=O)c1cn(C2CCCC2)cc(C(=O)NCc2ccccc2)c1=O. The molecule has 2 N–H and O–H groups in total. The first kappa shape index (κ1) is 20.8. The maximum Gasteiger partial charge on any atom is 0.257 e. The number of hydrogen-bond donors (Lipinski definition) is 2. The van der Waals surface area contributed by atoms with Crippen LogP contribution in [0.4, 0.5) is 0 Å². The van der Waals surface area contributed by atoms with Gasteiger partial charge in [0.1, 0.15) is 11.1 Å². The first-order valence-electron chi connectivity index (χ1n) is 10.4. The normalized spacial score (nSPS) is 15.1. The van der Waals surface area contributed by atoms with Crippen LogP contribution in [0.5, 0.6) is 0 Å². The van der Waals surface area contributed by atoms with E-state index in [1.54, 1.807) is 12.4 Å². The Labute approximate surface area is 171 Å². The number of carbonyl (C=O) groups is 2. The van der Waals surface area contributed by atoms with Crippen LogP contribution in [0, 0.1) is 0 Å². The van der Waals surface area contributed by atoms with Crippen LogP contribution in [0.2, 0.25) is 0 Å². The number of hydrogen-bond acceptors (Lipinski definition) is 3. The highest BCUT2D eigenvalue weighted by atomic mass is 16.2. The van der Waals surface area contributed by atoms with Crippen molar-refractivity contribution in [1.82, 2.24) is 15.2 Å². The Morgan fingerprint density at radius 2 is 1.69 bits per heavy atom. The molecule has 2 aromatic rings. The Morgan fingerprint density at radius 1 is 1.07 bits per heavy atom. The lowest BCUT2D eigenvalue weighted by molar-refractivity contribution is 0.0937. The van der Waals surface area contributed by atoms with E-state index in [0.717, 1.165) is 37.7 Å². The molecule has 1 atom stereocenters. The highest BCUT2D eigenvalue weighted by Crippen LogP contribution is 2.29. The van der Waals surface area contributed by atoms with Crippen LogP contribution in [0.25, 0.3) is 0 Å². The van der Waals surface area contributed by atoms with Gasteiger partial charge in [0.25, 0.3) is 11.8 Å². The Bertz CT molecular complexity index is 915. The van der Waals surface area contributed by atoms with Crippen molar-refractivity contribution in [1.29, 1.82) is 0 Å². The third-order valence-corrected chi connectivity index (χ3v) is 5.57. The average Bonchev–Trinajstić information content (AvgIpc) is 3.27. The molecule has 0 spiro atoms. The van der Waals surface area contributed by atoms with Crippen LogP contribution in [-0.2, 0) is 6.54 Å². The molecule has 6 heteroatoms. The topological polar surface area (TPSA) is 80.2 Å². The van der Waals surface area contributed by atoms with Crippen LogP contribution in [0.3, 0.4) is 0 Å². The number of carbonyl (C=O) groups excluding carboxylic acids is 2. The molecule has 2 amide bonds. The number of benzene rings is 1. The van der Waals surface area contributed by atoms with Gasteiger partial charge in [0.15, 0.2) is 0 Å². The standard InChI is InChI=1S/C23H29N3O3/c1-3-16(2)25-23(29)20-15-26(18-11-7-8-12-18)14-19(21(20)27)22(28)24-13-17-9-5-4-6-10-17/h4-6,9-10,14-16,18H,3,7-8,11-13H2,1-2H3,(H,24,28)(H,25,29)/t16-/m0/s1. The molecule has 1 aliphatic carbocycles. The number of pyridine rings is 1. The molecule has 1 fully saturated rings.